The molecule has 1 saturated heterocycles. The number of nitrogens with zero attached hydrogens (tertiary/aromatic N) is 2. The van der Waals surface area contributed by atoms with Gasteiger partial charge in [-0.1, -0.05) is 12.1 Å². The number of para-hydroxylation sites is 1. The summed E-state index contributed by atoms with van der Waals surface area (Å²) < 4.78 is 18.6. The number of fused-ring (bicyclic) bond motifs is 3. The Balaban J connectivity index is 1.20. The molecule has 186 valence electrons. The summed E-state index contributed by atoms with van der Waals surface area (Å²) in [5, 5.41) is 2.49. The minimum absolute atomic E-state index is 0.104. The maximum Gasteiger partial charge on any atom is 0.411 e. The fourth-order valence-electron chi connectivity index (χ4n) is 5.75. The van der Waals surface area contributed by atoms with E-state index in [0.717, 1.165) is 39.0 Å². The van der Waals surface area contributed by atoms with Gasteiger partial charge in [0.2, 0.25) is 0 Å². The van der Waals surface area contributed by atoms with E-state index in [-0.39, 0.29) is 18.1 Å². The number of Topliss-reactive ketones (excluding diaryl/α,β-unsaturated/α-hetero) is 1. The number of amides is 1. The third-order valence-electron chi connectivity index (χ3n) is 7.25. The number of benzene rings is 2. The van der Waals surface area contributed by atoms with E-state index in [2.05, 4.69) is 33.3 Å². The number of piperidine rings is 1. The van der Waals surface area contributed by atoms with E-state index < -0.39 is 11.9 Å². The van der Waals surface area contributed by atoms with Crippen molar-refractivity contribution in [3.05, 3.63) is 53.3 Å². The number of ketones is 1. The first kappa shape index (κ1) is 24.1. The van der Waals surface area contributed by atoms with E-state index in [1.165, 1.54) is 46.5 Å². The zero-order chi connectivity index (χ0) is 24.4. The van der Waals surface area contributed by atoms with Gasteiger partial charge in [-0.05, 0) is 68.3 Å². The average Bonchev–Trinajstić information content (AvgIpc) is 2.99. The number of nitrogens with one attached hydrogen (secondary N) is 1. The summed E-state index contributed by atoms with van der Waals surface area (Å²) >= 11 is 1.99. The van der Waals surface area contributed by atoms with E-state index in [1.54, 1.807) is 6.92 Å². The molecule has 2 aromatic carbocycles. The molecular weight excluding hydrogens is 465 g/mol. The lowest BCUT2D eigenvalue weighted by atomic mass is 9.89. The number of rotatable bonds is 7. The minimum atomic E-state index is -0.692. The van der Waals surface area contributed by atoms with Gasteiger partial charge in [-0.25, -0.2) is 9.18 Å². The molecule has 3 heterocycles. The van der Waals surface area contributed by atoms with Gasteiger partial charge in [0.15, 0.2) is 5.78 Å². The first-order valence-electron chi connectivity index (χ1n) is 12.6. The fraction of sp³-hybridized carbons (Fsp3) is 0.481. The first-order chi connectivity index (χ1) is 17.0. The van der Waals surface area contributed by atoms with Crippen LogP contribution in [0.5, 0.6) is 0 Å². The van der Waals surface area contributed by atoms with Crippen LogP contribution in [-0.2, 0) is 4.74 Å². The van der Waals surface area contributed by atoms with Crippen molar-refractivity contribution in [2.24, 2.45) is 0 Å². The van der Waals surface area contributed by atoms with Crippen LogP contribution in [-0.4, -0.2) is 61.4 Å². The third-order valence-corrected chi connectivity index (χ3v) is 8.38. The van der Waals surface area contributed by atoms with Gasteiger partial charge in [0, 0.05) is 48.5 Å². The lowest BCUT2D eigenvalue weighted by molar-refractivity contribution is 0.0972. The highest BCUT2D eigenvalue weighted by atomic mass is 32.2. The summed E-state index contributed by atoms with van der Waals surface area (Å²) in [6, 6.07) is 11.2. The van der Waals surface area contributed by atoms with Gasteiger partial charge in [-0.2, -0.15) is 0 Å². The third kappa shape index (κ3) is 5.05. The molecule has 0 aliphatic carbocycles. The number of likely N-dealkylation sites (tertiary alicyclic amines) is 1. The number of halogens is 1. The summed E-state index contributed by atoms with van der Waals surface area (Å²) in [5.74, 6) is 1.09. The second kappa shape index (κ2) is 10.6. The number of carbonyl (C=O) groups excluding carboxylic acids is 2. The standard InChI is InChI=1S/C27H32FN3O3S/c1-2-34-27(33)29-22-16-18(28)9-10-20(22)24(32)7-4-12-30-14-11-23-21(17-30)19-6-3-8-25-26(19)31(23)13-5-15-35-25/h3,6,8-10,16,21,23H,2,4-5,7,11-15,17H2,1H3,(H,29,33)/t21?,23-/m0/s1. The second-order valence-electron chi connectivity index (χ2n) is 9.41. The van der Waals surface area contributed by atoms with Crippen LogP contribution in [0.3, 0.4) is 0 Å². The summed E-state index contributed by atoms with van der Waals surface area (Å²) in [7, 11) is 0. The van der Waals surface area contributed by atoms with Crippen LogP contribution in [0.25, 0.3) is 0 Å². The Morgan fingerprint density at radius 2 is 2.11 bits per heavy atom. The van der Waals surface area contributed by atoms with Crippen LogP contribution >= 0.6 is 11.8 Å². The van der Waals surface area contributed by atoms with Gasteiger partial charge in [0.25, 0.3) is 0 Å². The average molecular weight is 498 g/mol. The largest absolute Gasteiger partial charge is 0.450 e. The molecule has 1 amide bonds. The Labute approximate surface area is 210 Å². The Morgan fingerprint density at radius 1 is 1.23 bits per heavy atom. The van der Waals surface area contributed by atoms with E-state index in [9.17, 15) is 14.0 Å². The van der Waals surface area contributed by atoms with Crippen molar-refractivity contribution >= 4 is 35.0 Å². The van der Waals surface area contributed by atoms with Crippen molar-refractivity contribution in [1.82, 2.24) is 4.90 Å². The van der Waals surface area contributed by atoms with Gasteiger partial charge in [-0.3, -0.25) is 10.1 Å². The second-order valence-corrected chi connectivity index (χ2v) is 10.6. The lowest BCUT2D eigenvalue weighted by Gasteiger charge is -2.39. The van der Waals surface area contributed by atoms with Gasteiger partial charge >= 0.3 is 6.09 Å². The molecule has 2 aromatic rings. The van der Waals surface area contributed by atoms with Gasteiger partial charge < -0.3 is 14.5 Å². The van der Waals surface area contributed by atoms with Crippen LogP contribution < -0.4 is 10.2 Å². The van der Waals surface area contributed by atoms with Crippen LogP contribution in [0.2, 0.25) is 0 Å². The Morgan fingerprint density at radius 3 is 2.97 bits per heavy atom. The molecule has 0 radical (unpaired) electrons. The van der Waals surface area contributed by atoms with Crippen molar-refractivity contribution in [3.8, 4) is 0 Å². The maximum absolute atomic E-state index is 13.7. The molecule has 1 fully saturated rings. The van der Waals surface area contributed by atoms with Crippen LogP contribution in [0.15, 0.2) is 41.3 Å². The van der Waals surface area contributed by atoms with Gasteiger partial charge in [-0.15, -0.1) is 11.8 Å². The molecule has 0 bridgehead atoms. The molecule has 3 aliphatic rings. The zero-order valence-corrected chi connectivity index (χ0v) is 20.9. The van der Waals surface area contributed by atoms with Gasteiger partial charge in [0.1, 0.15) is 5.82 Å². The highest BCUT2D eigenvalue weighted by Crippen LogP contribution is 2.50. The normalized spacial score (nSPS) is 21.1. The smallest absolute Gasteiger partial charge is 0.411 e. The molecule has 2 atom stereocenters. The van der Waals surface area contributed by atoms with Crippen molar-refractivity contribution in [2.45, 2.75) is 49.5 Å². The summed E-state index contributed by atoms with van der Waals surface area (Å²) in [6.45, 7) is 5.93. The molecule has 5 rings (SSSR count). The number of thioether (sulfide) groups is 1. The Bertz CT molecular complexity index is 1110. The summed E-state index contributed by atoms with van der Waals surface area (Å²) in [6.07, 6.45) is 2.74. The number of hydrogen-bond donors (Lipinski definition) is 1. The topological polar surface area (TPSA) is 61.9 Å². The summed E-state index contributed by atoms with van der Waals surface area (Å²) in [5.41, 5.74) is 3.44. The zero-order valence-electron chi connectivity index (χ0n) is 20.1. The quantitative estimate of drug-likeness (QED) is 0.508. The maximum atomic E-state index is 13.7. The summed E-state index contributed by atoms with van der Waals surface area (Å²) in [4.78, 5) is 31.3. The van der Waals surface area contributed by atoms with Crippen molar-refractivity contribution < 1.29 is 18.7 Å². The Hall–Kier alpha value is -2.58. The van der Waals surface area contributed by atoms with Crippen LogP contribution in [0.4, 0.5) is 20.6 Å². The SMILES string of the molecule is CCOC(=O)Nc1cc(F)ccc1C(=O)CCCN1CC[C@H]2C(C1)c1cccc3c1N2CCCS3. The molecule has 1 N–H and O–H groups in total. The lowest BCUT2D eigenvalue weighted by Crippen LogP contribution is -2.46. The molecule has 8 heteroatoms. The molecule has 6 nitrogen and oxygen atoms in total. The van der Waals surface area contributed by atoms with Crippen LogP contribution in [0.1, 0.15) is 54.4 Å². The van der Waals surface area contributed by atoms with E-state index in [1.807, 2.05) is 11.8 Å². The minimum Gasteiger partial charge on any atom is -0.450 e. The molecule has 0 spiro atoms. The van der Waals surface area contributed by atoms with E-state index in [0.29, 0.717) is 23.9 Å². The Kier molecular flexibility index (Phi) is 7.29. The number of anilines is 2. The van der Waals surface area contributed by atoms with Gasteiger partial charge in [0.05, 0.1) is 18.0 Å². The number of carbonyl (C=O) groups is 2. The van der Waals surface area contributed by atoms with Crippen molar-refractivity contribution in [3.63, 3.8) is 0 Å². The van der Waals surface area contributed by atoms with Crippen LogP contribution in [0, 0.1) is 5.82 Å². The molecule has 0 aromatic heterocycles. The number of ether oxygens (including phenoxy) is 1. The molecule has 0 saturated carbocycles. The van der Waals surface area contributed by atoms with Crippen molar-refractivity contribution in [1.29, 1.82) is 0 Å². The first-order valence-corrected chi connectivity index (χ1v) is 13.5. The molecule has 35 heavy (non-hydrogen) atoms. The highest BCUT2D eigenvalue weighted by molar-refractivity contribution is 7.99. The molecule has 1 unspecified atom stereocenters. The molecular formula is C27H32FN3O3S. The molecule has 3 aliphatic heterocycles. The van der Waals surface area contributed by atoms with E-state index in [4.69, 9.17) is 4.74 Å². The highest BCUT2D eigenvalue weighted by Gasteiger charge is 2.43. The fourth-order valence-corrected chi connectivity index (χ4v) is 6.79. The predicted molar refractivity (Wildman–Crippen MR) is 137 cm³/mol. The van der Waals surface area contributed by atoms with E-state index >= 15 is 0 Å². The predicted octanol–water partition coefficient (Wildman–Crippen LogP) is 5.53. The monoisotopic (exact) mass is 497 g/mol. The number of hydrogen-bond acceptors (Lipinski definition) is 6. The van der Waals surface area contributed by atoms with Crippen molar-refractivity contribution in [2.75, 3.05) is 48.8 Å².